The van der Waals surface area contributed by atoms with E-state index >= 15 is 0 Å². The van der Waals surface area contributed by atoms with Gasteiger partial charge >= 0.3 is 12.6 Å². The molecule has 1 rings (SSSR count). The number of carboxylic acids is 1. The standard InChI is InChI=1S/C8H4F2N2O3/c9-8(10)15-6-3-12-2-5(7(13)14)4(6)1-11/h2-3,8H,(H,13,14). The topological polar surface area (TPSA) is 83.2 Å². The van der Waals surface area contributed by atoms with Gasteiger partial charge in [0.15, 0.2) is 5.75 Å². The maximum absolute atomic E-state index is 11.9. The van der Waals surface area contributed by atoms with Gasteiger partial charge in [-0.25, -0.2) is 4.79 Å². The van der Waals surface area contributed by atoms with Gasteiger partial charge in [-0.3, -0.25) is 4.98 Å². The van der Waals surface area contributed by atoms with E-state index < -0.39 is 29.5 Å². The first-order chi connectivity index (χ1) is 7.06. The van der Waals surface area contributed by atoms with Crippen molar-refractivity contribution in [3.63, 3.8) is 0 Å². The number of aromatic carboxylic acids is 1. The van der Waals surface area contributed by atoms with Crippen molar-refractivity contribution >= 4 is 5.97 Å². The first-order valence-corrected chi connectivity index (χ1v) is 3.62. The molecule has 0 saturated heterocycles. The van der Waals surface area contributed by atoms with Crippen LogP contribution in [-0.2, 0) is 0 Å². The number of pyridine rings is 1. The molecule has 7 heteroatoms. The quantitative estimate of drug-likeness (QED) is 0.818. The molecule has 1 aromatic rings. The molecule has 0 spiro atoms. The minimum atomic E-state index is -3.14. The Labute approximate surface area is 82.5 Å². The third-order valence-electron chi connectivity index (χ3n) is 1.47. The predicted molar refractivity (Wildman–Crippen MR) is 42.5 cm³/mol. The van der Waals surface area contributed by atoms with Crippen molar-refractivity contribution < 1.29 is 23.4 Å². The molecule has 0 saturated carbocycles. The average molecular weight is 214 g/mol. The number of halogens is 2. The molecule has 5 nitrogen and oxygen atoms in total. The molecule has 0 aliphatic rings. The summed E-state index contributed by atoms with van der Waals surface area (Å²) in [6, 6.07) is 1.47. The van der Waals surface area contributed by atoms with Gasteiger partial charge in [0.2, 0.25) is 0 Å². The Morgan fingerprint density at radius 3 is 2.73 bits per heavy atom. The van der Waals surface area contributed by atoms with Crippen LogP contribution in [0, 0.1) is 11.3 Å². The number of carbonyl (C=O) groups is 1. The van der Waals surface area contributed by atoms with E-state index in [-0.39, 0.29) is 0 Å². The Kier molecular flexibility index (Phi) is 3.13. The third-order valence-corrected chi connectivity index (χ3v) is 1.47. The highest BCUT2D eigenvalue weighted by Crippen LogP contribution is 2.21. The predicted octanol–water partition coefficient (Wildman–Crippen LogP) is 1.25. The summed E-state index contributed by atoms with van der Waals surface area (Å²) in [6.45, 7) is -3.14. The Balaban J connectivity index is 3.24. The Morgan fingerprint density at radius 2 is 2.27 bits per heavy atom. The van der Waals surface area contributed by atoms with E-state index in [9.17, 15) is 13.6 Å². The molecule has 15 heavy (non-hydrogen) atoms. The van der Waals surface area contributed by atoms with E-state index in [1.807, 2.05) is 0 Å². The van der Waals surface area contributed by atoms with Crippen LogP contribution in [0.2, 0.25) is 0 Å². The molecule has 0 bridgehead atoms. The number of nitrogens with zero attached hydrogens (tertiary/aromatic N) is 2. The fourth-order valence-electron chi connectivity index (χ4n) is 0.904. The first-order valence-electron chi connectivity index (χ1n) is 3.62. The summed E-state index contributed by atoms with van der Waals surface area (Å²) < 4.78 is 27.7. The maximum Gasteiger partial charge on any atom is 0.387 e. The zero-order chi connectivity index (χ0) is 11.4. The maximum atomic E-state index is 11.9. The molecule has 1 N–H and O–H groups in total. The molecular weight excluding hydrogens is 210 g/mol. The number of nitriles is 1. The Bertz CT molecular complexity index is 428. The summed E-state index contributed by atoms with van der Waals surface area (Å²) in [5.74, 6) is -1.98. The van der Waals surface area contributed by atoms with Crippen molar-refractivity contribution in [2.75, 3.05) is 0 Å². The van der Waals surface area contributed by atoms with Crippen LogP contribution in [0.15, 0.2) is 12.4 Å². The number of carboxylic acid groups (broad SMARTS) is 1. The van der Waals surface area contributed by atoms with E-state index in [0.717, 1.165) is 12.4 Å². The minimum absolute atomic E-state index is 0.474. The summed E-state index contributed by atoms with van der Waals surface area (Å²) in [7, 11) is 0. The van der Waals surface area contributed by atoms with E-state index in [1.54, 1.807) is 0 Å². The first kappa shape index (κ1) is 10.8. The summed E-state index contributed by atoms with van der Waals surface area (Å²) in [6.07, 6.45) is 1.75. The van der Waals surface area contributed by atoms with Crippen molar-refractivity contribution in [1.82, 2.24) is 4.98 Å². The van der Waals surface area contributed by atoms with E-state index in [0.29, 0.717) is 0 Å². The monoisotopic (exact) mass is 214 g/mol. The lowest BCUT2D eigenvalue weighted by atomic mass is 10.1. The average Bonchev–Trinajstić information content (AvgIpc) is 2.16. The van der Waals surface area contributed by atoms with Crippen molar-refractivity contribution in [2.45, 2.75) is 6.61 Å². The number of hydrogen-bond donors (Lipinski definition) is 1. The molecular formula is C8H4F2N2O3. The second-order valence-electron chi connectivity index (χ2n) is 2.36. The van der Waals surface area contributed by atoms with Crippen LogP contribution in [0.5, 0.6) is 5.75 Å². The normalized spacial score (nSPS) is 9.73. The van der Waals surface area contributed by atoms with Gasteiger partial charge in [0.1, 0.15) is 11.6 Å². The molecule has 78 valence electrons. The van der Waals surface area contributed by atoms with Crippen LogP contribution in [0.25, 0.3) is 0 Å². The molecule has 1 heterocycles. The highest BCUT2D eigenvalue weighted by molar-refractivity contribution is 5.91. The Morgan fingerprint density at radius 1 is 1.60 bits per heavy atom. The smallest absolute Gasteiger partial charge is 0.387 e. The summed E-state index contributed by atoms with van der Waals surface area (Å²) in [5, 5.41) is 17.2. The number of alkyl halides is 2. The van der Waals surface area contributed by atoms with Crippen molar-refractivity contribution in [1.29, 1.82) is 5.26 Å². The molecule has 1 aromatic heterocycles. The molecule has 0 fully saturated rings. The number of aromatic nitrogens is 1. The fraction of sp³-hybridized carbons (Fsp3) is 0.125. The zero-order valence-corrected chi connectivity index (χ0v) is 7.15. The third kappa shape index (κ3) is 2.37. The van der Waals surface area contributed by atoms with Crippen molar-refractivity contribution in [2.24, 2.45) is 0 Å². The summed E-state index contributed by atoms with van der Waals surface area (Å²) in [5.41, 5.74) is -0.951. The zero-order valence-electron chi connectivity index (χ0n) is 7.15. The molecule has 0 unspecified atom stereocenters. The molecule has 0 aliphatic carbocycles. The van der Waals surface area contributed by atoms with Crippen molar-refractivity contribution in [3.05, 3.63) is 23.5 Å². The van der Waals surface area contributed by atoms with Gasteiger partial charge in [-0.2, -0.15) is 14.0 Å². The molecule has 0 atom stereocenters. The molecule has 0 amide bonds. The van der Waals surface area contributed by atoms with Crippen LogP contribution in [0.1, 0.15) is 15.9 Å². The van der Waals surface area contributed by atoms with Gasteiger partial charge in [0.25, 0.3) is 0 Å². The van der Waals surface area contributed by atoms with Gasteiger partial charge in [-0.05, 0) is 0 Å². The number of rotatable bonds is 3. The Hall–Kier alpha value is -2.23. The van der Waals surface area contributed by atoms with Gasteiger partial charge in [0, 0.05) is 6.20 Å². The highest BCUT2D eigenvalue weighted by atomic mass is 19.3. The summed E-state index contributed by atoms with van der Waals surface area (Å²) in [4.78, 5) is 14.0. The van der Waals surface area contributed by atoms with Crippen LogP contribution < -0.4 is 4.74 Å². The molecule has 0 aromatic carbocycles. The largest absolute Gasteiger partial charge is 0.478 e. The van der Waals surface area contributed by atoms with Crippen LogP contribution in [0.4, 0.5) is 8.78 Å². The lowest BCUT2D eigenvalue weighted by molar-refractivity contribution is -0.0503. The van der Waals surface area contributed by atoms with Crippen LogP contribution >= 0.6 is 0 Å². The lowest BCUT2D eigenvalue weighted by Gasteiger charge is -2.06. The second-order valence-corrected chi connectivity index (χ2v) is 2.36. The number of ether oxygens (including phenoxy) is 1. The number of hydrogen-bond acceptors (Lipinski definition) is 4. The van der Waals surface area contributed by atoms with E-state index in [2.05, 4.69) is 9.72 Å². The van der Waals surface area contributed by atoms with Gasteiger partial charge < -0.3 is 9.84 Å². The SMILES string of the molecule is N#Cc1c(OC(F)F)cncc1C(=O)O. The van der Waals surface area contributed by atoms with Gasteiger partial charge in [-0.15, -0.1) is 0 Å². The second kappa shape index (κ2) is 4.32. The van der Waals surface area contributed by atoms with Crippen LogP contribution in [-0.4, -0.2) is 22.7 Å². The fourth-order valence-corrected chi connectivity index (χ4v) is 0.904. The van der Waals surface area contributed by atoms with E-state index in [4.69, 9.17) is 10.4 Å². The lowest BCUT2D eigenvalue weighted by Crippen LogP contribution is -2.08. The van der Waals surface area contributed by atoms with Crippen LogP contribution in [0.3, 0.4) is 0 Å². The summed E-state index contributed by atoms with van der Waals surface area (Å²) >= 11 is 0. The van der Waals surface area contributed by atoms with Crippen molar-refractivity contribution in [3.8, 4) is 11.8 Å². The molecule has 0 radical (unpaired) electrons. The van der Waals surface area contributed by atoms with Gasteiger partial charge in [0.05, 0.1) is 11.8 Å². The van der Waals surface area contributed by atoms with E-state index in [1.165, 1.54) is 6.07 Å². The van der Waals surface area contributed by atoms with Gasteiger partial charge in [-0.1, -0.05) is 0 Å². The minimum Gasteiger partial charge on any atom is -0.478 e. The highest BCUT2D eigenvalue weighted by Gasteiger charge is 2.17. The molecule has 0 aliphatic heterocycles.